The molecule has 0 bridgehead atoms. The molecule has 0 fully saturated rings. The molecule has 0 saturated carbocycles. The molecule has 0 heterocycles. The zero-order chi connectivity index (χ0) is 14.5. The molecular weight excluding hydrogens is 323 g/mol. The molecule has 2 rings (SSSR count). The van der Waals surface area contributed by atoms with E-state index >= 15 is 0 Å². The lowest BCUT2D eigenvalue weighted by atomic mass is 10.0. The average molecular weight is 337 g/mol. The molecule has 2 aromatic rings. The Labute approximate surface area is 125 Å². The van der Waals surface area contributed by atoms with E-state index in [1.54, 1.807) is 19.2 Å². The maximum absolute atomic E-state index is 13.6. The molecule has 0 saturated heterocycles. The van der Waals surface area contributed by atoms with E-state index in [0.717, 1.165) is 10.0 Å². The summed E-state index contributed by atoms with van der Waals surface area (Å²) in [4.78, 5) is 12.0. The Kier molecular flexibility index (Phi) is 4.90. The Morgan fingerprint density at radius 3 is 2.75 bits per heavy atom. The smallest absolute Gasteiger partial charge is 0.141 e. The molecule has 0 spiro atoms. The summed E-state index contributed by atoms with van der Waals surface area (Å²) in [5, 5.41) is 0. The van der Waals surface area contributed by atoms with Crippen molar-refractivity contribution >= 4 is 21.7 Å². The molecule has 0 radical (unpaired) electrons. The molecule has 0 aromatic heterocycles. The second kappa shape index (κ2) is 6.66. The Morgan fingerprint density at radius 2 is 2.00 bits per heavy atom. The number of hydrogen-bond donors (Lipinski definition) is 0. The highest BCUT2D eigenvalue weighted by Crippen LogP contribution is 2.18. The predicted octanol–water partition coefficient (Wildman–Crippen LogP) is 3.95. The van der Waals surface area contributed by atoms with Crippen molar-refractivity contribution < 1.29 is 13.9 Å². The summed E-state index contributed by atoms with van der Waals surface area (Å²) in [7, 11) is 1.58. The third-order valence-electron chi connectivity index (χ3n) is 2.93. The fraction of sp³-hybridized carbons (Fsp3) is 0.188. The van der Waals surface area contributed by atoms with Crippen LogP contribution in [0.2, 0.25) is 0 Å². The third kappa shape index (κ3) is 3.90. The van der Waals surface area contributed by atoms with Gasteiger partial charge in [-0.05, 0) is 41.5 Å². The average Bonchev–Trinajstić information content (AvgIpc) is 2.43. The van der Waals surface area contributed by atoms with Gasteiger partial charge in [0.2, 0.25) is 0 Å². The van der Waals surface area contributed by atoms with Crippen LogP contribution in [0.3, 0.4) is 0 Å². The summed E-state index contributed by atoms with van der Waals surface area (Å²) in [5.41, 5.74) is 1.28. The van der Waals surface area contributed by atoms with Gasteiger partial charge in [0.25, 0.3) is 0 Å². The highest BCUT2D eigenvalue weighted by atomic mass is 79.9. The van der Waals surface area contributed by atoms with Crippen molar-refractivity contribution in [1.29, 1.82) is 0 Å². The van der Waals surface area contributed by atoms with Crippen LogP contribution in [0.25, 0.3) is 0 Å². The van der Waals surface area contributed by atoms with E-state index < -0.39 is 0 Å². The molecular formula is C16H14BrFO2. The number of Topliss-reactive ketones (excluding diaryl/α,β-unsaturated/α-hetero) is 1. The second-order valence-electron chi connectivity index (χ2n) is 4.48. The van der Waals surface area contributed by atoms with E-state index in [9.17, 15) is 9.18 Å². The molecule has 104 valence electrons. The Hall–Kier alpha value is -1.68. The van der Waals surface area contributed by atoms with Crippen LogP contribution in [0.4, 0.5) is 4.39 Å². The summed E-state index contributed by atoms with van der Waals surface area (Å²) in [6.45, 7) is 0. The Bertz CT molecular complexity index is 626. The maximum Gasteiger partial charge on any atom is 0.141 e. The summed E-state index contributed by atoms with van der Waals surface area (Å²) in [6, 6.07) is 11.9. The normalized spacial score (nSPS) is 10.3. The van der Waals surface area contributed by atoms with Gasteiger partial charge in [-0.15, -0.1) is 0 Å². The molecule has 0 aliphatic rings. The third-order valence-corrected chi connectivity index (χ3v) is 3.42. The number of carbonyl (C=O) groups is 1. The molecule has 20 heavy (non-hydrogen) atoms. The summed E-state index contributed by atoms with van der Waals surface area (Å²) in [6.07, 6.45) is 0.353. The van der Waals surface area contributed by atoms with Crippen molar-refractivity contribution in [3.05, 3.63) is 63.9 Å². The van der Waals surface area contributed by atoms with Crippen molar-refractivity contribution in [3.63, 3.8) is 0 Å². The first-order chi connectivity index (χ1) is 9.58. The quantitative estimate of drug-likeness (QED) is 0.826. The monoisotopic (exact) mass is 336 g/mol. The number of carbonyl (C=O) groups excluding carboxylic acids is 1. The first-order valence-corrected chi connectivity index (χ1v) is 6.96. The maximum atomic E-state index is 13.6. The van der Waals surface area contributed by atoms with Crippen LogP contribution in [0.1, 0.15) is 11.1 Å². The lowest BCUT2D eigenvalue weighted by molar-refractivity contribution is -0.117. The van der Waals surface area contributed by atoms with Gasteiger partial charge in [-0.2, -0.15) is 0 Å². The molecule has 0 unspecified atom stereocenters. The molecule has 4 heteroatoms. The molecule has 0 aliphatic carbocycles. The number of ether oxygens (including phenoxy) is 1. The zero-order valence-electron chi connectivity index (χ0n) is 11.0. The molecule has 2 aromatic carbocycles. The Balaban J connectivity index is 2.07. The predicted molar refractivity (Wildman–Crippen MR) is 79.5 cm³/mol. The summed E-state index contributed by atoms with van der Waals surface area (Å²) in [5.74, 6) is 0.325. The molecule has 2 nitrogen and oxygen atoms in total. The molecule has 0 N–H and O–H groups in total. The lowest BCUT2D eigenvalue weighted by Gasteiger charge is -2.05. The van der Waals surface area contributed by atoms with Crippen molar-refractivity contribution in [2.45, 2.75) is 12.8 Å². The number of hydrogen-bond acceptors (Lipinski definition) is 2. The number of ketones is 1. The fourth-order valence-electron chi connectivity index (χ4n) is 1.96. The second-order valence-corrected chi connectivity index (χ2v) is 5.40. The number of rotatable bonds is 5. The van der Waals surface area contributed by atoms with Crippen LogP contribution in [0.5, 0.6) is 5.75 Å². The molecule has 0 atom stereocenters. The van der Waals surface area contributed by atoms with Crippen LogP contribution >= 0.6 is 15.9 Å². The van der Waals surface area contributed by atoms with Crippen molar-refractivity contribution in [1.82, 2.24) is 0 Å². The van der Waals surface area contributed by atoms with Crippen LogP contribution in [-0.4, -0.2) is 12.9 Å². The summed E-state index contributed by atoms with van der Waals surface area (Å²) < 4.78 is 19.5. The van der Waals surface area contributed by atoms with E-state index in [0.29, 0.717) is 11.3 Å². The van der Waals surface area contributed by atoms with E-state index in [-0.39, 0.29) is 24.4 Å². The highest BCUT2D eigenvalue weighted by Gasteiger charge is 2.10. The van der Waals surface area contributed by atoms with Gasteiger partial charge in [0.1, 0.15) is 17.3 Å². The van der Waals surface area contributed by atoms with Gasteiger partial charge in [-0.1, -0.05) is 28.1 Å². The van der Waals surface area contributed by atoms with Gasteiger partial charge in [-0.3, -0.25) is 4.79 Å². The van der Waals surface area contributed by atoms with Crippen LogP contribution in [0.15, 0.2) is 46.9 Å². The van der Waals surface area contributed by atoms with E-state index in [4.69, 9.17) is 4.74 Å². The largest absolute Gasteiger partial charge is 0.497 e. The molecule has 0 amide bonds. The minimum absolute atomic E-state index is 0.0322. The van der Waals surface area contributed by atoms with Crippen LogP contribution in [-0.2, 0) is 17.6 Å². The van der Waals surface area contributed by atoms with Gasteiger partial charge in [0.05, 0.1) is 7.11 Å². The van der Waals surface area contributed by atoms with Crippen LogP contribution < -0.4 is 4.74 Å². The zero-order valence-corrected chi connectivity index (χ0v) is 12.6. The number of methoxy groups -OCH3 is 1. The van der Waals surface area contributed by atoms with Crippen molar-refractivity contribution in [2.24, 2.45) is 0 Å². The SMILES string of the molecule is COc1cccc(CC(=O)Cc2cc(Br)ccc2F)c1. The van der Waals surface area contributed by atoms with Gasteiger partial charge in [0, 0.05) is 17.3 Å². The molecule has 0 aliphatic heterocycles. The Morgan fingerprint density at radius 1 is 1.20 bits per heavy atom. The topological polar surface area (TPSA) is 26.3 Å². The first kappa shape index (κ1) is 14.7. The van der Waals surface area contributed by atoms with Gasteiger partial charge >= 0.3 is 0 Å². The van der Waals surface area contributed by atoms with Crippen molar-refractivity contribution in [2.75, 3.05) is 7.11 Å². The minimum Gasteiger partial charge on any atom is -0.497 e. The lowest BCUT2D eigenvalue weighted by Crippen LogP contribution is -2.08. The fourth-order valence-corrected chi connectivity index (χ4v) is 2.37. The van der Waals surface area contributed by atoms with Crippen molar-refractivity contribution in [3.8, 4) is 5.75 Å². The first-order valence-electron chi connectivity index (χ1n) is 6.17. The van der Waals surface area contributed by atoms with E-state index in [1.807, 2.05) is 24.3 Å². The number of benzene rings is 2. The van der Waals surface area contributed by atoms with Gasteiger partial charge < -0.3 is 4.74 Å². The van der Waals surface area contributed by atoms with Crippen LogP contribution in [0, 0.1) is 5.82 Å². The minimum atomic E-state index is -0.354. The van der Waals surface area contributed by atoms with E-state index in [1.165, 1.54) is 6.07 Å². The van der Waals surface area contributed by atoms with E-state index in [2.05, 4.69) is 15.9 Å². The highest BCUT2D eigenvalue weighted by molar-refractivity contribution is 9.10. The van der Waals surface area contributed by atoms with Gasteiger partial charge in [-0.25, -0.2) is 4.39 Å². The standard InChI is InChI=1S/C16H14BrFO2/c1-20-15-4-2-3-11(8-15)7-14(19)10-12-9-13(17)5-6-16(12)18/h2-6,8-9H,7,10H2,1H3. The van der Waals surface area contributed by atoms with Gasteiger partial charge in [0.15, 0.2) is 0 Å². The number of halogens is 2. The summed E-state index contributed by atoms with van der Waals surface area (Å²) >= 11 is 3.28.